The number of hydrogen-bond donors (Lipinski definition) is 1. The number of nitrogens with zero attached hydrogens (tertiary/aromatic N) is 3. The third-order valence-corrected chi connectivity index (χ3v) is 5.28. The van der Waals surface area contributed by atoms with Crippen LogP contribution in [0.4, 0.5) is 10.2 Å². The molecule has 3 rings (SSSR count). The van der Waals surface area contributed by atoms with E-state index in [4.69, 9.17) is 5.10 Å². The second-order valence-corrected chi connectivity index (χ2v) is 9.15. The Balaban J connectivity index is 1.87. The maximum Gasteiger partial charge on any atom is 0.254 e. The molecule has 7 heteroatoms. The largest absolute Gasteiger partial charge is 0.329 e. The summed E-state index contributed by atoms with van der Waals surface area (Å²) in [6.45, 7) is 10.3. The van der Waals surface area contributed by atoms with Gasteiger partial charge in [-0.15, -0.1) is 0 Å². The lowest BCUT2D eigenvalue weighted by Gasteiger charge is -2.22. The fraction of sp³-hybridized carbons (Fsp3) is 0.346. The Labute approximate surface area is 194 Å². The van der Waals surface area contributed by atoms with Crippen molar-refractivity contribution >= 4 is 17.6 Å². The van der Waals surface area contributed by atoms with Crippen molar-refractivity contribution in [2.45, 2.75) is 46.5 Å². The number of aromatic nitrogens is 2. The molecule has 6 nitrogen and oxygen atoms in total. The number of aryl methyl sites for hydroxylation is 1. The molecule has 1 N–H and O–H groups in total. The molecule has 0 radical (unpaired) electrons. The second-order valence-electron chi connectivity index (χ2n) is 9.15. The molecule has 0 spiro atoms. The van der Waals surface area contributed by atoms with Crippen LogP contribution in [0.25, 0.3) is 5.69 Å². The van der Waals surface area contributed by atoms with Gasteiger partial charge in [-0.25, -0.2) is 9.07 Å². The van der Waals surface area contributed by atoms with Crippen LogP contribution in [0.5, 0.6) is 0 Å². The van der Waals surface area contributed by atoms with Crippen molar-refractivity contribution in [3.8, 4) is 5.69 Å². The minimum absolute atomic E-state index is 0.146. The maximum absolute atomic E-state index is 13.6. The Hall–Kier alpha value is -3.48. The molecule has 3 aromatic rings. The number of amides is 2. The first-order chi connectivity index (χ1) is 15.6. The molecule has 0 saturated carbocycles. The zero-order valence-electron chi connectivity index (χ0n) is 19.9. The lowest BCUT2D eigenvalue weighted by atomic mass is 9.92. The van der Waals surface area contributed by atoms with Crippen LogP contribution in [0.2, 0.25) is 0 Å². The molecule has 1 heterocycles. The van der Waals surface area contributed by atoms with Crippen LogP contribution in [0, 0.1) is 12.7 Å². The molecule has 1 aromatic heterocycles. The van der Waals surface area contributed by atoms with Gasteiger partial charge in [-0.3, -0.25) is 9.59 Å². The molecule has 0 unspecified atom stereocenters. The quantitative estimate of drug-likeness (QED) is 0.544. The molecule has 0 bridgehead atoms. The Morgan fingerprint density at radius 3 is 2.45 bits per heavy atom. The third-order valence-electron chi connectivity index (χ3n) is 5.28. The highest BCUT2D eigenvalue weighted by Gasteiger charge is 2.24. The van der Waals surface area contributed by atoms with Crippen molar-refractivity contribution in [2.24, 2.45) is 0 Å². The zero-order chi connectivity index (χ0) is 24.2. The second kappa shape index (κ2) is 9.98. The minimum atomic E-state index is -0.487. The first-order valence-electron chi connectivity index (χ1n) is 11.1. The van der Waals surface area contributed by atoms with Gasteiger partial charge in [0.2, 0.25) is 5.91 Å². The fourth-order valence-electron chi connectivity index (χ4n) is 3.50. The lowest BCUT2D eigenvalue weighted by molar-refractivity contribution is -0.116. The van der Waals surface area contributed by atoms with Crippen molar-refractivity contribution < 1.29 is 14.0 Å². The topological polar surface area (TPSA) is 67.2 Å². The monoisotopic (exact) mass is 450 g/mol. The summed E-state index contributed by atoms with van der Waals surface area (Å²) in [5, 5.41) is 7.68. The van der Waals surface area contributed by atoms with Gasteiger partial charge in [0, 0.05) is 23.6 Å². The van der Waals surface area contributed by atoms with Crippen LogP contribution < -0.4 is 5.32 Å². The molecule has 33 heavy (non-hydrogen) atoms. The normalized spacial score (nSPS) is 11.3. The summed E-state index contributed by atoms with van der Waals surface area (Å²) in [5.74, 6) is -0.676. The average Bonchev–Trinajstić information content (AvgIpc) is 3.17. The molecule has 0 atom stereocenters. The Bertz CT molecular complexity index is 1150. The SMILES string of the molecule is CCCN(CC(=O)Nc1cc(C(C)(C)C)nn1-c1ccccc1C)C(=O)c1cccc(F)c1. The summed E-state index contributed by atoms with van der Waals surface area (Å²) in [4.78, 5) is 27.3. The van der Waals surface area contributed by atoms with Crippen LogP contribution in [0.1, 0.15) is 55.7 Å². The van der Waals surface area contributed by atoms with Crippen molar-refractivity contribution in [2.75, 3.05) is 18.4 Å². The molecule has 0 fully saturated rings. The number of carbonyl (C=O) groups is 2. The standard InChI is InChI=1S/C26H31FN4O2/c1-6-14-30(25(33)19-11-9-12-20(27)15-19)17-24(32)28-23-16-22(26(3,4)5)29-31(23)21-13-8-7-10-18(21)2/h7-13,15-16H,6,14,17H2,1-5H3,(H,28,32). The van der Waals surface area contributed by atoms with Crippen LogP contribution in [0.15, 0.2) is 54.6 Å². The Morgan fingerprint density at radius 2 is 1.82 bits per heavy atom. The number of rotatable bonds is 7. The molecule has 2 amide bonds. The summed E-state index contributed by atoms with van der Waals surface area (Å²) in [6.07, 6.45) is 0.670. The van der Waals surface area contributed by atoms with Gasteiger partial charge in [-0.2, -0.15) is 5.10 Å². The number of hydrogen-bond acceptors (Lipinski definition) is 3. The predicted molar refractivity (Wildman–Crippen MR) is 128 cm³/mol. The maximum atomic E-state index is 13.6. The van der Waals surface area contributed by atoms with Crippen LogP contribution >= 0.6 is 0 Å². The summed E-state index contributed by atoms with van der Waals surface area (Å²) in [5.41, 5.74) is 2.73. The van der Waals surface area contributed by atoms with Gasteiger partial charge in [0.15, 0.2) is 0 Å². The molecular weight excluding hydrogens is 419 g/mol. The molecule has 2 aromatic carbocycles. The molecule has 0 aliphatic rings. The lowest BCUT2D eigenvalue weighted by Crippen LogP contribution is -2.38. The van der Waals surface area contributed by atoms with E-state index in [9.17, 15) is 14.0 Å². The first kappa shape index (κ1) is 24.2. The zero-order valence-corrected chi connectivity index (χ0v) is 19.9. The molecule has 0 aliphatic carbocycles. The van der Waals surface area contributed by atoms with E-state index in [1.54, 1.807) is 10.7 Å². The van der Waals surface area contributed by atoms with Gasteiger partial charge in [-0.05, 0) is 43.2 Å². The number of anilines is 1. The van der Waals surface area contributed by atoms with Gasteiger partial charge in [0.1, 0.15) is 18.2 Å². The summed E-state index contributed by atoms with van der Waals surface area (Å²) < 4.78 is 15.3. The van der Waals surface area contributed by atoms with E-state index in [0.717, 1.165) is 16.9 Å². The van der Waals surface area contributed by atoms with E-state index in [2.05, 4.69) is 26.1 Å². The molecular formula is C26H31FN4O2. The molecule has 0 saturated heterocycles. The fourth-order valence-corrected chi connectivity index (χ4v) is 3.50. The summed E-state index contributed by atoms with van der Waals surface area (Å²) in [6, 6.07) is 15.2. The van der Waals surface area contributed by atoms with Crippen LogP contribution in [0.3, 0.4) is 0 Å². The van der Waals surface area contributed by atoms with E-state index < -0.39 is 5.82 Å². The van der Waals surface area contributed by atoms with E-state index in [1.165, 1.54) is 23.1 Å². The number of halogens is 1. The Kier molecular flexibility index (Phi) is 7.31. The highest BCUT2D eigenvalue weighted by molar-refractivity contribution is 5.99. The highest BCUT2D eigenvalue weighted by atomic mass is 19.1. The first-order valence-corrected chi connectivity index (χ1v) is 11.1. The third kappa shape index (κ3) is 5.86. The number of nitrogens with one attached hydrogen (secondary N) is 1. The van der Waals surface area contributed by atoms with E-state index >= 15 is 0 Å². The number of carbonyl (C=O) groups excluding carboxylic acids is 2. The van der Waals surface area contributed by atoms with Crippen LogP contribution in [-0.4, -0.2) is 39.6 Å². The molecule has 174 valence electrons. The van der Waals surface area contributed by atoms with Gasteiger partial charge in [-0.1, -0.05) is 52.0 Å². The van der Waals surface area contributed by atoms with Gasteiger partial charge < -0.3 is 10.2 Å². The van der Waals surface area contributed by atoms with Crippen molar-refractivity contribution in [3.63, 3.8) is 0 Å². The number of para-hydroxylation sites is 1. The van der Waals surface area contributed by atoms with Gasteiger partial charge in [0.25, 0.3) is 5.91 Å². The van der Waals surface area contributed by atoms with Crippen molar-refractivity contribution in [1.82, 2.24) is 14.7 Å². The predicted octanol–water partition coefficient (Wildman–Crippen LogP) is 5.11. The Morgan fingerprint density at radius 1 is 1.09 bits per heavy atom. The summed E-state index contributed by atoms with van der Waals surface area (Å²) >= 11 is 0. The molecule has 0 aliphatic heterocycles. The smallest absolute Gasteiger partial charge is 0.254 e. The van der Waals surface area contributed by atoms with Crippen molar-refractivity contribution in [3.05, 3.63) is 77.2 Å². The van der Waals surface area contributed by atoms with E-state index in [1.807, 2.05) is 44.2 Å². The van der Waals surface area contributed by atoms with E-state index in [-0.39, 0.29) is 29.3 Å². The van der Waals surface area contributed by atoms with Gasteiger partial charge >= 0.3 is 0 Å². The van der Waals surface area contributed by atoms with Gasteiger partial charge in [0.05, 0.1) is 11.4 Å². The van der Waals surface area contributed by atoms with Crippen LogP contribution in [-0.2, 0) is 10.2 Å². The number of benzene rings is 2. The minimum Gasteiger partial charge on any atom is -0.329 e. The highest BCUT2D eigenvalue weighted by Crippen LogP contribution is 2.27. The summed E-state index contributed by atoms with van der Waals surface area (Å²) in [7, 11) is 0. The van der Waals surface area contributed by atoms with Crippen molar-refractivity contribution in [1.29, 1.82) is 0 Å². The van der Waals surface area contributed by atoms with E-state index in [0.29, 0.717) is 18.8 Å². The average molecular weight is 451 g/mol.